The predicted molar refractivity (Wildman–Crippen MR) is 81.8 cm³/mol. The van der Waals surface area contributed by atoms with Gasteiger partial charge >= 0.3 is 0 Å². The van der Waals surface area contributed by atoms with E-state index in [9.17, 15) is 4.79 Å². The Bertz CT molecular complexity index is 418. The van der Waals surface area contributed by atoms with E-state index >= 15 is 0 Å². The quantitative estimate of drug-likeness (QED) is 0.846. The fraction of sp³-hybridized carbons (Fsp3) is 0.733. The van der Waals surface area contributed by atoms with Crippen LogP contribution in [0.1, 0.15) is 55.5 Å². The Balaban J connectivity index is 1.69. The Labute approximate surface area is 125 Å². The SMILES string of the molecule is Cc1noc(C)c1CSCC(=O)NC1CCCCCC1. The zero-order valence-electron chi connectivity index (χ0n) is 12.4. The van der Waals surface area contributed by atoms with Crippen molar-refractivity contribution < 1.29 is 9.32 Å². The highest BCUT2D eigenvalue weighted by Crippen LogP contribution is 2.20. The van der Waals surface area contributed by atoms with Crippen LogP contribution >= 0.6 is 11.8 Å². The number of carbonyl (C=O) groups is 1. The highest BCUT2D eigenvalue weighted by molar-refractivity contribution is 7.99. The molecule has 1 aliphatic carbocycles. The summed E-state index contributed by atoms with van der Waals surface area (Å²) in [5.74, 6) is 2.33. The maximum Gasteiger partial charge on any atom is 0.230 e. The number of rotatable bonds is 5. The van der Waals surface area contributed by atoms with Gasteiger partial charge in [-0.15, -0.1) is 11.8 Å². The second-order valence-corrected chi connectivity index (χ2v) is 6.54. The van der Waals surface area contributed by atoms with Crippen LogP contribution in [0.15, 0.2) is 4.52 Å². The van der Waals surface area contributed by atoms with Crippen molar-refractivity contribution in [1.29, 1.82) is 0 Å². The zero-order valence-corrected chi connectivity index (χ0v) is 13.2. The van der Waals surface area contributed by atoms with E-state index in [-0.39, 0.29) is 5.91 Å². The molecule has 0 aliphatic heterocycles. The van der Waals surface area contributed by atoms with Crippen LogP contribution in [0.2, 0.25) is 0 Å². The first kappa shape index (κ1) is 15.4. The third-order valence-electron chi connectivity index (χ3n) is 3.88. The molecule has 0 bridgehead atoms. The summed E-state index contributed by atoms with van der Waals surface area (Å²) >= 11 is 1.63. The summed E-state index contributed by atoms with van der Waals surface area (Å²) in [4.78, 5) is 12.0. The minimum atomic E-state index is 0.161. The fourth-order valence-electron chi connectivity index (χ4n) is 2.65. The van der Waals surface area contributed by atoms with E-state index in [0.717, 1.165) is 35.6 Å². The third-order valence-corrected chi connectivity index (χ3v) is 4.84. The van der Waals surface area contributed by atoms with Crippen LogP contribution in [-0.2, 0) is 10.5 Å². The van der Waals surface area contributed by atoms with Gasteiger partial charge in [-0.25, -0.2) is 0 Å². The summed E-state index contributed by atoms with van der Waals surface area (Å²) in [5.41, 5.74) is 2.05. The summed E-state index contributed by atoms with van der Waals surface area (Å²) in [6.07, 6.45) is 7.40. The van der Waals surface area contributed by atoms with Crippen molar-refractivity contribution >= 4 is 17.7 Å². The molecule has 20 heavy (non-hydrogen) atoms. The largest absolute Gasteiger partial charge is 0.361 e. The molecule has 1 aromatic heterocycles. The van der Waals surface area contributed by atoms with Crippen molar-refractivity contribution in [2.24, 2.45) is 0 Å². The lowest BCUT2D eigenvalue weighted by molar-refractivity contribution is -0.119. The van der Waals surface area contributed by atoms with Gasteiger partial charge in [0, 0.05) is 17.4 Å². The Morgan fingerprint density at radius 1 is 1.30 bits per heavy atom. The van der Waals surface area contributed by atoms with Crippen molar-refractivity contribution in [2.75, 3.05) is 5.75 Å². The van der Waals surface area contributed by atoms with E-state index < -0.39 is 0 Å². The topological polar surface area (TPSA) is 55.1 Å². The molecule has 1 N–H and O–H groups in total. The number of amides is 1. The minimum absolute atomic E-state index is 0.161. The van der Waals surface area contributed by atoms with Gasteiger partial charge in [0.2, 0.25) is 5.91 Å². The summed E-state index contributed by atoms with van der Waals surface area (Å²) in [6, 6.07) is 0.393. The van der Waals surface area contributed by atoms with E-state index in [1.54, 1.807) is 11.8 Å². The lowest BCUT2D eigenvalue weighted by Gasteiger charge is -2.15. The maximum absolute atomic E-state index is 12.0. The molecule has 1 heterocycles. The van der Waals surface area contributed by atoms with Gasteiger partial charge in [-0.3, -0.25) is 4.79 Å². The van der Waals surface area contributed by atoms with Gasteiger partial charge in [0.1, 0.15) is 5.76 Å². The Hall–Kier alpha value is -0.970. The molecular weight excluding hydrogens is 272 g/mol. The first-order chi connectivity index (χ1) is 9.66. The highest BCUT2D eigenvalue weighted by atomic mass is 32.2. The first-order valence-corrected chi connectivity index (χ1v) is 8.61. The van der Waals surface area contributed by atoms with E-state index in [1.807, 2.05) is 13.8 Å². The van der Waals surface area contributed by atoms with Gasteiger partial charge in [-0.1, -0.05) is 30.8 Å². The monoisotopic (exact) mass is 296 g/mol. The van der Waals surface area contributed by atoms with Gasteiger partial charge in [0.25, 0.3) is 0 Å². The summed E-state index contributed by atoms with van der Waals surface area (Å²) in [7, 11) is 0. The lowest BCUT2D eigenvalue weighted by Crippen LogP contribution is -2.35. The summed E-state index contributed by atoms with van der Waals surface area (Å²) in [5, 5.41) is 7.10. The highest BCUT2D eigenvalue weighted by Gasteiger charge is 2.15. The number of aryl methyl sites for hydroxylation is 2. The van der Waals surface area contributed by atoms with Crippen LogP contribution in [0.4, 0.5) is 0 Å². The molecular formula is C15H24N2O2S. The molecule has 112 valence electrons. The lowest BCUT2D eigenvalue weighted by atomic mass is 10.1. The molecule has 0 unspecified atom stereocenters. The minimum Gasteiger partial charge on any atom is -0.361 e. The second kappa shape index (κ2) is 7.72. The standard InChI is InChI=1S/C15H24N2O2S/c1-11-14(12(2)19-17-11)9-20-10-15(18)16-13-7-5-3-4-6-8-13/h13H,3-10H2,1-2H3,(H,16,18). The molecule has 4 nitrogen and oxygen atoms in total. The number of hydrogen-bond acceptors (Lipinski definition) is 4. The molecule has 0 saturated heterocycles. The molecule has 1 amide bonds. The molecule has 1 saturated carbocycles. The molecule has 1 aliphatic rings. The Kier molecular flexibility index (Phi) is 5.95. The van der Waals surface area contributed by atoms with Gasteiger partial charge in [-0.2, -0.15) is 0 Å². The number of thioether (sulfide) groups is 1. The molecule has 5 heteroatoms. The molecule has 0 atom stereocenters. The number of nitrogens with zero attached hydrogens (tertiary/aromatic N) is 1. The van der Waals surface area contributed by atoms with Crippen LogP contribution < -0.4 is 5.32 Å². The molecule has 0 aromatic carbocycles. The summed E-state index contributed by atoms with van der Waals surface area (Å²) in [6.45, 7) is 3.86. The molecule has 2 rings (SSSR count). The number of carbonyl (C=O) groups excluding carboxylic acids is 1. The average Bonchev–Trinajstić information content (AvgIpc) is 2.64. The van der Waals surface area contributed by atoms with Gasteiger partial charge in [0.05, 0.1) is 11.4 Å². The van der Waals surface area contributed by atoms with Gasteiger partial charge in [-0.05, 0) is 26.7 Å². The number of aromatic nitrogens is 1. The smallest absolute Gasteiger partial charge is 0.230 e. The van der Waals surface area contributed by atoms with Crippen LogP contribution in [-0.4, -0.2) is 22.9 Å². The van der Waals surface area contributed by atoms with Gasteiger partial charge < -0.3 is 9.84 Å². The van der Waals surface area contributed by atoms with Crippen molar-refractivity contribution in [3.05, 3.63) is 17.0 Å². The normalized spacial score (nSPS) is 16.9. The Morgan fingerprint density at radius 3 is 2.60 bits per heavy atom. The van der Waals surface area contributed by atoms with Crippen molar-refractivity contribution in [3.8, 4) is 0 Å². The molecule has 0 spiro atoms. The van der Waals surface area contributed by atoms with Crippen molar-refractivity contribution in [2.45, 2.75) is 64.2 Å². The predicted octanol–water partition coefficient (Wildman–Crippen LogP) is 3.36. The first-order valence-electron chi connectivity index (χ1n) is 7.45. The van der Waals surface area contributed by atoms with Gasteiger partial charge in [0.15, 0.2) is 0 Å². The van der Waals surface area contributed by atoms with Crippen LogP contribution in [0.25, 0.3) is 0 Å². The Morgan fingerprint density at radius 2 is 2.00 bits per heavy atom. The van der Waals surface area contributed by atoms with E-state index in [2.05, 4.69) is 10.5 Å². The second-order valence-electron chi connectivity index (χ2n) is 5.55. The molecule has 1 fully saturated rings. The zero-order chi connectivity index (χ0) is 14.4. The van der Waals surface area contributed by atoms with Crippen LogP contribution in [0.5, 0.6) is 0 Å². The van der Waals surface area contributed by atoms with Crippen molar-refractivity contribution in [3.63, 3.8) is 0 Å². The van der Waals surface area contributed by atoms with E-state index in [4.69, 9.17) is 4.52 Å². The summed E-state index contributed by atoms with van der Waals surface area (Å²) < 4.78 is 5.12. The van der Waals surface area contributed by atoms with E-state index in [1.165, 1.54) is 25.7 Å². The number of hydrogen-bond donors (Lipinski definition) is 1. The molecule has 1 aromatic rings. The van der Waals surface area contributed by atoms with E-state index in [0.29, 0.717) is 11.8 Å². The van der Waals surface area contributed by atoms with Crippen LogP contribution in [0.3, 0.4) is 0 Å². The van der Waals surface area contributed by atoms with Crippen LogP contribution in [0, 0.1) is 13.8 Å². The fourth-order valence-corrected chi connectivity index (χ4v) is 3.63. The maximum atomic E-state index is 12.0. The number of nitrogens with one attached hydrogen (secondary N) is 1. The molecule has 0 radical (unpaired) electrons. The third kappa shape index (κ3) is 4.54. The van der Waals surface area contributed by atoms with Crippen molar-refractivity contribution in [1.82, 2.24) is 10.5 Å². The average molecular weight is 296 g/mol.